The van der Waals surface area contributed by atoms with E-state index in [0.717, 1.165) is 0 Å². The number of hydrogen-bond acceptors (Lipinski definition) is 1. The van der Waals surface area contributed by atoms with Crippen molar-refractivity contribution in [3.63, 3.8) is 0 Å². The Morgan fingerprint density at radius 3 is 2.28 bits per heavy atom. The number of nitrogens with two attached hydrogens (primary N) is 1. The summed E-state index contributed by atoms with van der Waals surface area (Å²) in [7, 11) is 0. The van der Waals surface area contributed by atoms with Gasteiger partial charge in [-0.2, -0.15) is 0 Å². The minimum absolute atomic E-state index is 0. The molecule has 1 unspecified atom stereocenters. The lowest BCUT2D eigenvalue weighted by molar-refractivity contribution is 0.712. The molecule has 3 nitrogen and oxygen atoms in total. The van der Waals surface area contributed by atoms with Gasteiger partial charge < -0.3 is 11.1 Å². The zero-order chi connectivity index (χ0) is 12.8. The lowest BCUT2D eigenvalue weighted by atomic mass is 10.0. The van der Waals surface area contributed by atoms with Crippen LogP contribution in [-0.4, -0.2) is 18.5 Å². The molecule has 1 rings (SSSR count). The normalized spacial score (nSPS) is 13.1. The fourth-order valence-electron chi connectivity index (χ4n) is 1.58. The van der Waals surface area contributed by atoms with Crippen LogP contribution < -0.4 is 11.1 Å². The van der Waals surface area contributed by atoms with Crippen LogP contribution in [-0.2, 0) is 0 Å². The van der Waals surface area contributed by atoms with E-state index in [-0.39, 0.29) is 24.0 Å². The first-order chi connectivity index (χ1) is 7.99. The summed E-state index contributed by atoms with van der Waals surface area (Å²) in [6.07, 6.45) is 0. The molecule has 0 radical (unpaired) electrons. The maximum Gasteiger partial charge on any atom is 0.188 e. The molecule has 0 aromatic heterocycles. The first-order valence-corrected chi connectivity index (χ1v) is 6.12. The second-order valence-electron chi connectivity index (χ2n) is 4.84. The number of halogens is 1. The molecule has 0 spiro atoms. The van der Waals surface area contributed by atoms with Crippen molar-refractivity contribution in [3.05, 3.63) is 35.4 Å². The zero-order valence-corrected chi connectivity index (χ0v) is 13.9. The van der Waals surface area contributed by atoms with E-state index in [1.807, 2.05) is 13.8 Å². The Kier molecular flexibility index (Phi) is 7.98. The van der Waals surface area contributed by atoms with E-state index in [4.69, 9.17) is 5.73 Å². The number of hydrogen-bond donors (Lipinski definition) is 2. The predicted octanol–water partition coefficient (Wildman–Crippen LogP) is 3.03. The van der Waals surface area contributed by atoms with Crippen molar-refractivity contribution in [2.24, 2.45) is 10.7 Å². The lowest BCUT2D eigenvalue weighted by Crippen LogP contribution is -2.37. The fourth-order valence-corrected chi connectivity index (χ4v) is 1.58. The maximum atomic E-state index is 5.76. The van der Waals surface area contributed by atoms with Crippen molar-refractivity contribution < 1.29 is 0 Å². The van der Waals surface area contributed by atoms with Gasteiger partial charge in [0.05, 0.1) is 0 Å². The molecule has 0 saturated carbocycles. The van der Waals surface area contributed by atoms with E-state index in [2.05, 4.69) is 48.4 Å². The minimum atomic E-state index is 0. The molecule has 18 heavy (non-hydrogen) atoms. The topological polar surface area (TPSA) is 50.4 Å². The number of rotatable bonds is 4. The van der Waals surface area contributed by atoms with E-state index >= 15 is 0 Å². The third-order valence-corrected chi connectivity index (χ3v) is 2.62. The standard InChI is InChI=1S/C14H23N3.HI/c1-10(2)17-14(15)16-9-12(4)13-7-5-11(3)6-8-13;/h5-8,10,12H,9H2,1-4H3,(H3,15,16,17);1H. The molecular weight excluding hydrogens is 337 g/mol. The average molecular weight is 361 g/mol. The van der Waals surface area contributed by atoms with E-state index in [1.165, 1.54) is 11.1 Å². The summed E-state index contributed by atoms with van der Waals surface area (Å²) in [6, 6.07) is 8.90. The van der Waals surface area contributed by atoms with Crippen LogP contribution in [0.1, 0.15) is 37.8 Å². The highest BCUT2D eigenvalue weighted by atomic mass is 127. The van der Waals surface area contributed by atoms with E-state index in [1.54, 1.807) is 0 Å². The van der Waals surface area contributed by atoms with Crippen LogP contribution in [0.5, 0.6) is 0 Å². The quantitative estimate of drug-likeness (QED) is 0.492. The van der Waals surface area contributed by atoms with Crippen LogP contribution in [0.3, 0.4) is 0 Å². The van der Waals surface area contributed by atoms with Gasteiger partial charge in [-0.05, 0) is 26.3 Å². The molecule has 1 atom stereocenters. The molecule has 1 aromatic carbocycles. The second-order valence-corrected chi connectivity index (χ2v) is 4.84. The molecular formula is C14H24IN3. The van der Waals surface area contributed by atoms with Gasteiger partial charge in [-0.25, -0.2) is 0 Å². The lowest BCUT2D eigenvalue weighted by Gasteiger charge is -2.12. The summed E-state index contributed by atoms with van der Waals surface area (Å²) in [5, 5.41) is 3.09. The van der Waals surface area contributed by atoms with Crippen molar-refractivity contribution in [1.82, 2.24) is 5.32 Å². The van der Waals surface area contributed by atoms with Crippen LogP contribution >= 0.6 is 24.0 Å². The molecule has 0 saturated heterocycles. The molecule has 0 aliphatic carbocycles. The van der Waals surface area contributed by atoms with Gasteiger partial charge in [-0.15, -0.1) is 24.0 Å². The summed E-state index contributed by atoms with van der Waals surface area (Å²) in [6.45, 7) is 9.07. The molecule has 3 N–H and O–H groups in total. The van der Waals surface area contributed by atoms with E-state index < -0.39 is 0 Å². The van der Waals surface area contributed by atoms with E-state index in [9.17, 15) is 0 Å². The summed E-state index contributed by atoms with van der Waals surface area (Å²) in [5.74, 6) is 0.919. The molecule has 0 aliphatic heterocycles. The van der Waals surface area contributed by atoms with Crippen molar-refractivity contribution in [1.29, 1.82) is 0 Å². The first kappa shape index (κ1) is 17.2. The van der Waals surface area contributed by atoms with E-state index in [0.29, 0.717) is 24.5 Å². The number of benzene rings is 1. The SMILES string of the molecule is Cc1ccc(C(C)CN=C(N)NC(C)C)cc1.I. The monoisotopic (exact) mass is 361 g/mol. The van der Waals surface area contributed by atoms with Gasteiger partial charge in [0.2, 0.25) is 0 Å². The average Bonchev–Trinajstić information content (AvgIpc) is 2.26. The number of guanidine groups is 1. The van der Waals surface area contributed by atoms with Crippen molar-refractivity contribution >= 4 is 29.9 Å². The summed E-state index contributed by atoms with van der Waals surface area (Å²) >= 11 is 0. The number of aliphatic imine (C=N–C) groups is 1. The second kappa shape index (κ2) is 8.34. The highest BCUT2D eigenvalue weighted by Gasteiger charge is 2.04. The van der Waals surface area contributed by atoms with Gasteiger partial charge in [0, 0.05) is 18.5 Å². The van der Waals surface area contributed by atoms with Gasteiger partial charge in [0.1, 0.15) is 0 Å². The summed E-state index contributed by atoms with van der Waals surface area (Å²) in [5.41, 5.74) is 8.35. The van der Waals surface area contributed by atoms with Gasteiger partial charge in [0.15, 0.2) is 5.96 Å². The number of nitrogens with zero attached hydrogens (tertiary/aromatic N) is 1. The van der Waals surface area contributed by atoms with Crippen LogP contribution in [0.2, 0.25) is 0 Å². The molecule has 1 aromatic rings. The highest BCUT2D eigenvalue weighted by Crippen LogP contribution is 2.15. The van der Waals surface area contributed by atoms with Gasteiger partial charge in [-0.3, -0.25) is 4.99 Å². The zero-order valence-electron chi connectivity index (χ0n) is 11.6. The number of nitrogens with one attached hydrogen (secondary N) is 1. The minimum Gasteiger partial charge on any atom is -0.370 e. The Morgan fingerprint density at radius 2 is 1.78 bits per heavy atom. The van der Waals surface area contributed by atoms with Crippen LogP contribution in [0, 0.1) is 6.92 Å². The van der Waals surface area contributed by atoms with Gasteiger partial charge in [0.25, 0.3) is 0 Å². The molecule has 0 fully saturated rings. The molecule has 0 aliphatic rings. The van der Waals surface area contributed by atoms with Crippen molar-refractivity contribution in [3.8, 4) is 0 Å². The Balaban J connectivity index is 0.00000289. The molecule has 0 heterocycles. The third kappa shape index (κ3) is 6.23. The third-order valence-electron chi connectivity index (χ3n) is 2.62. The Labute approximate surface area is 127 Å². The highest BCUT2D eigenvalue weighted by molar-refractivity contribution is 14.0. The largest absolute Gasteiger partial charge is 0.370 e. The molecule has 4 heteroatoms. The first-order valence-electron chi connectivity index (χ1n) is 6.12. The molecule has 0 amide bonds. The van der Waals surface area contributed by atoms with Gasteiger partial charge >= 0.3 is 0 Å². The Hall–Kier alpha value is -0.780. The smallest absolute Gasteiger partial charge is 0.188 e. The van der Waals surface area contributed by atoms with Crippen molar-refractivity contribution in [2.75, 3.05) is 6.54 Å². The predicted molar refractivity (Wildman–Crippen MR) is 89.8 cm³/mol. The Bertz CT molecular complexity index is 371. The molecule has 0 bridgehead atoms. The van der Waals surface area contributed by atoms with Crippen LogP contribution in [0.15, 0.2) is 29.3 Å². The maximum absolute atomic E-state index is 5.76. The fraction of sp³-hybridized carbons (Fsp3) is 0.500. The van der Waals surface area contributed by atoms with Crippen LogP contribution in [0.4, 0.5) is 0 Å². The van der Waals surface area contributed by atoms with Crippen molar-refractivity contribution in [2.45, 2.75) is 39.7 Å². The Morgan fingerprint density at radius 1 is 1.22 bits per heavy atom. The molecule has 102 valence electrons. The number of aryl methyl sites for hydroxylation is 1. The summed E-state index contributed by atoms with van der Waals surface area (Å²) in [4.78, 5) is 4.35. The van der Waals surface area contributed by atoms with Crippen LogP contribution in [0.25, 0.3) is 0 Å². The summed E-state index contributed by atoms with van der Waals surface area (Å²) < 4.78 is 0. The van der Waals surface area contributed by atoms with Gasteiger partial charge in [-0.1, -0.05) is 36.8 Å².